The van der Waals surface area contributed by atoms with Crippen LogP contribution in [0, 0.1) is 18.8 Å². The van der Waals surface area contributed by atoms with Gasteiger partial charge >= 0.3 is 0 Å². The molecule has 0 radical (unpaired) electrons. The molecule has 1 rings (SSSR count). The van der Waals surface area contributed by atoms with Gasteiger partial charge in [0.1, 0.15) is 5.75 Å². The first kappa shape index (κ1) is 16.0. The van der Waals surface area contributed by atoms with Gasteiger partial charge in [-0.1, -0.05) is 19.9 Å². The van der Waals surface area contributed by atoms with E-state index in [4.69, 9.17) is 16.2 Å². The third-order valence-corrected chi connectivity index (χ3v) is 3.39. The average Bonchev–Trinajstić information content (AvgIpc) is 2.39. The number of hydrogen-bond donors (Lipinski definition) is 2. The summed E-state index contributed by atoms with van der Waals surface area (Å²) in [5.41, 5.74) is 14.0. The van der Waals surface area contributed by atoms with Crippen LogP contribution < -0.4 is 16.2 Å². The fourth-order valence-electron chi connectivity index (χ4n) is 1.99. The van der Waals surface area contributed by atoms with Gasteiger partial charge in [-0.25, -0.2) is 0 Å². The minimum atomic E-state index is 0.427. The molecule has 4 N–H and O–H groups in total. The predicted molar refractivity (Wildman–Crippen MR) is 81.4 cm³/mol. The molecule has 0 saturated carbocycles. The molecule has 1 aromatic carbocycles. The van der Waals surface area contributed by atoms with Crippen molar-refractivity contribution < 1.29 is 4.74 Å². The van der Waals surface area contributed by atoms with Gasteiger partial charge in [0.25, 0.3) is 0 Å². The Hall–Kier alpha value is -1.06. The van der Waals surface area contributed by atoms with Gasteiger partial charge in [0.15, 0.2) is 0 Å². The van der Waals surface area contributed by atoms with Crippen LogP contribution in [0.4, 0.5) is 0 Å². The monoisotopic (exact) mass is 264 g/mol. The summed E-state index contributed by atoms with van der Waals surface area (Å²) in [6.07, 6.45) is 2.09. The minimum Gasteiger partial charge on any atom is -0.493 e. The Morgan fingerprint density at radius 3 is 2.37 bits per heavy atom. The summed E-state index contributed by atoms with van der Waals surface area (Å²) in [4.78, 5) is 0. The van der Waals surface area contributed by atoms with Crippen LogP contribution in [0.25, 0.3) is 0 Å². The predicted octanol–water partition coefficient (Wildman–Crippen LogP) is 2.50. The Bertz CT molecular complexity index is 373. The molecule has 3 heteroatoms. The van der Waals surface area contributed by atoms with Crippen LogP contribution in [0.15, 0.2) is 18.2 Å². The van der Waals surface area contributed by atoms with E-state index in [1.807, 2.05) is 0 Å². The maximum atomic E-state index is 5.73. The van der Waals surface area contributed by atoms with Crippen molar-refractivity contribution >= 4 is 0 Å². The summed E-state index contributed by atoms with van der Waals surface area (Å²) in [6.45, 7) is 8.55. The number of nitrogens with two attached hydrogens (primary N) is 2. The second-order valence-electron chi connectivity index (χ2n) is 5.67. The number of aryl methyl sites for hydroxylation is 2. The largest absolute Gasteiger partial charge is 0.493 e. The summed E-state index contributed by atoms with van der Waals surface area (Å²) in [5, 5.41) is 0. The summed E-state index contributed by atoms with van der Waals surface area (Å²) in [6, 6.07) is 6.34. The van der Waals surface area contributed by atoms with E-state index in [2.05, 4.69) is 39.0 Å². The smallest absolute Gasteiger partial charge is 0.119 e. The second-order valence-corrected chi connectivity index (χ2v) is 5.67. The molecule has 0 spiro atoms. The van der Waals surface area contributed by atoms with Crippen molar-refractivity contribution in [3.63, 3.8) is 0 Å². The molecule has 0 fully saturated rings. The Morgan fingerprint density at radius 1 is 1.16 bits per heavy atom. The third kappa shape index (κ3) is 5.62. The Morgan fingerprint density at radius 2 is 1.84 bits per heavy atom. The first-order valence-corrected chi connectivity index (χ1v) is 7.19. The van der Waals surface area contributed by atoms with Gasteiger partial charge in [0.2, 0.25) is 0 Å². The highest BCUT2D eigenvalue weighted by molar-refractivity contribution is 5.34. The normalized spacial score (nSPS) is 11.3. The van der Waals surface area contributed by atoms with E-state index in [1.165, 1.54) is 11.1 Å². The molecule has 0 unspecified atom stereocenters. The molecule has 0 aliphatic rings. The zero-order valence-electron chi connectivity index (χ0n) is 12.5. The number of hydrogen-bond acceptors (Lipinski definition) is 3. The zero-order chi connectivity index (χ0) is 14.3. The first-order chi connectivity index (χ1) is 9.06. The van der Waals surface area contributed by atoms with E-state index in [1.54, 1.807) is 0 Å². The molecule has 0 heterocycles. The van der Waals surface area contributed by atoms with E-state index in [9.17, 15) is 0 Å². The molecular formula is C16H28N2O. The molecule has 19 heavy (non-hydrogen) atoms. The quantitative estimate of drug-likeness (QED) is 0.758. The van der Waals surface area contributed by atoms with Gasteiger partial charge in [0, 0.05) is 0 Å². The van der Waals surface area contributed by atoms with Crippen molar-refractivity contribution in [2.45, 2.75) is 33.6 Å². The molecular weight excluding hydrogens is 236 g/mol. The van der Waals surface area contributed by atoms with Crippen LogP contribution >= 0.6 is 0 Å². The zero-order valence-corrected chi connectivity index (χ0v) is 12.5. The summed E-state index contributed by atoms with van der Waals surface area (Å²) < 4.78 is 5.73. The summed E-state index contributed by atoms with van der Waals surface area (Å²) in [7, 11) is 0. The highest BCUT2D eigenvalue weighted by Crippen LogP contribution is 2.20. The minimum absolute atomic E-state index is 0.427. The summed E-state index contributed by atoms with van der Waals surface area (Å²) >= 11 is 0. The van der Waals surface area contributed by atoms with E-state index < -0.39 is 0 Å². The van der Waals surface area contributed by atoms with Gasteiger partial charge in [-0.2, -0.15) is 0 Å². The molecule has 0 saturated heterocycles. The Kier molecular flexibility index (Phi) is 6.89. The van der Waals surface area contributed by atoms with E-state index in [-0.39, 0.29) is 0 Å². The van der Waals surface area contributed by atoms with E-state index in [0.717, 1.165) is 25.2 Å². The molecule has 3 nitrogen and oxygen atoms in total. The van der Waals surface area contributed by atoms with E-state index in [0.29, 0.717) is 24.9 Å². The number of benzene rings is 1. The maximum Gasteiger partial charge on any atom is 0.119 e. The fraction of sp³-hybridized carbons (Fsp3) is 0.625. The van der Waals surface area contributed by atoms with E-state index >= 15 is 0 Å². The van der Waals surface area contributed by atoms with Crippen molar-refractivity contribution in [3.8, 4) is 5.75 Å². The van der Waals surface area contributed by atoms with Crippen molar-refractivity contribution in [2.24, 2.45) is 23.3 Å². The molecule has 0 aliphatic carbocycles. The SMILES string of the molecule is Cc1cc(OCC(C)C)ccc1CCC(CN)CN. The standard InChI is InChI=1S/C16H28N2O/c1-12(2)11-19-16-7-6-15(13(3)8-16)5-4-14(9-17)10-18/h6-8,12,14H,4-5,9-11,17-18H2,1-3H3. The lowest BCUT2D eigenvalue weighted by molar-refractivity contribution is 0.271. The lowest BCUT2D eigenvalue weighted by Crippen LogP contribution is -2.23. The van der Waals surface area contributed by atoms with Crippen molar-refractivity contribution in [1.29, 1.82) is 0 Å². The van der Waals surface area contributed by atoms with Gasteiger partial charge in [0.05, 0.1) is 6.61 Å². The molecule has 0 bridgehead atoms. The molecule has 0 aliphatic heterocycles. The lowest BCUT2D eigenvalue weighted by atomic mass is 9.97. The van der Waals surface area contributed by atoms with Crippen LogP contribution in [-0.4, -0.2) is 19.7 Å². The molecule has 0 atom stereocenters. The maximum absolute atomic E-state index is 5.73. The highest BCUT2D eigenvalue weighted by Gasteiger charge is 2.07. The third-order valence-electron chi connectivity index (χ3n) is 3.39. The molecule has 108 valence electrons. The Balaban J connectivity index is 2.56. The van der Waals surface area contributed by atoms with Gasteiger partial charge < -0.3 is 16.2 Å². The van der Waals surface area contributed by atoms with Crippen LogP contribution in [-0.2, 0) is 6.42 Å². The van der Waals surface area contributed by atoms with Gasteiger partial charge in [-0.3, -0.25) is 0 Å². The highest BCUT2D eigenvalue weighted by atomic mass is 16.5. The molecule has 1 aromatic rings. The van der Waals surface area contributed by atoms with Gasteiger partial charge in [-0.05, 0) is 68.0 Å². The molecule has 0 aromatic heterocycles. The second kappa shape index (κ2) is 8.18. The topological polar surface area (TPSA) is 61.3 Å². The first-order valence-electron chi connectivity index (χ1n) is 7.19. The van der Waals surface area contributed by atoms with Gasteiger partial charge in [-0.15, -0.1) is 0 Å². The summed E-state index contributed by atoms with van der Waals surface area (Å²) in [5.74, 6) is 1.94. The average molecular weight is 264 g/mol. The lowest BCUT2D eigenvalue weighted by Gasteiger charge is -2.14. The van der Waals surface area contributed by atoms with Crippen molar-refractivity contribution in [3.05, 3.63) is 29.3 Å². The number of ether oxygens (including phenoxy) is 1. The van der Waals surface area contributed by atoms with Crippen molar-refractivity contribution in [2.75, 3.05) is 19.7 Å². The number of rotatable bonds is 8. The van der Waals surface area contributed by atoms with Crippen molar-refractivity contribution in [1.82, 2.24) is 0 Å². The fourth-order valence-corrected chi connectivity index (χ4v) is 1.99. The Labute approximate surface area is 117 Å². The van der Waals surface area contributed by atoms with Crippen LogP contribution in [0.1, 0.15) is 31.4 Å². The van der Waals surface area contributed by atoms with Crippen LogP contribution in [0.2, 0.25) is 0 Å². The van der Waals surface area contributed by atoms with Crippen LogP contribution in [0.5, 0.6) is 5.75 Å². The van der Waals surface area contributed by atoms with Crippen LogP contribution in [0.3, 0.4) is 0 Å². The molecule has 0 amide bonds.